The summed E-state index contributed by atoms with van der Waals surface area (Å²) in [5.41, 5.74) is 8.84. The normalized spacial score (nSPS) is 23.0. The Morgan fingerprint density at radius 1 is 1.38 bits per heavy atom. The van der Waals surface area contributed by atoms with Crippen molar-refractivity contribution in [2.45, 2.75) is 39.3 Å². The fraction of sp³-hybridized carbons (Fsp3) is 0.571. The number of hydrogen-bond donors (Lipinski definition) is 1. The number of hydrogen-bond acceptors (Lipinski definition) is 2. The highest BCUT2D eigenvalue weighted by Gasteiger charge is 2.26. The van der Waals surface area contributed by atoms with Crippen LogP contribution < -0.4 is 10.6 Å². The lowest BCUT2D eigenvalue weighted by atomic mass is 10.0. The first-order chi connectivity index (χ1) is 7.59. The van der Waals surface area contributed by atoms with Crippen LogP contribution in [0.25, 0.3) is 0 Å². The Bertz CT molecular complexity index is 360. The fourth-order valence-corrected chi connectivity index (χ4v) is 2.38. The van der Waals surface area contributed by atoms with Crippen molar-refractivity contribution in [2.24, 2.45) is 11.7 Å². The molecule has 0 bridgehead atoms. The van der Waals surface area contributed by atoms with E-state index in [0.29, 0.717) is 12.0 Å². The number of benzene rings is 1. The molecule has 0 spiro atoms. The molecule has 1 aromatic rings. The Morgan fingerprint density at radius 3 is 2.75 bits per heavy atom. The zero-order chi connectivity index (χ0) is 11.7. The monoisotopic (exact) mass is 218 g/mol. The van der Waals surface area contributed by atoms with Crippen molar-refractivity contribution in [3.05, 3.63) is 29.8 Å². The van der Waals surface area contributed by atoms with E-state index in [1.165, 1.54) is 17.7 Å². The second kappa shape index (κ2) is 4.46. The van der Waals surface area contributed by atoms with Crippen LogP contribution in [0.3, 0.4) is 0 Å². The minimum absolute atomic E-state index is 0.264. The van der Waals surface area contributed by atoms with E-state index < -0.39 is 0 Å². The van der Waals surface area contributed by atoms with Crippen molar-refractivity contribution >= 4 is 5.69 Å². The molecule has 1 heterocycles. The van der Waals surface area contributed by atoms with Gasteiger partial charge in [0.25, 0.3) is 0 Å². The third-order valence-electron chi connectivity index (χ3n) is 3.73. The predicted octanol–water partition coefficient (Wildman–Crippen LogP) is 2.42. The predicted molar refractivity (Wildman–Crippen MR) is 69.8 cm³/mol. The zero-order valence-corrected chi connectivity index (χ0v) is 10.5. The van der Waals surface area contributed by atoms with Crippen LogP contribution in [0, 0.1) is 5.92 Å². The van der Waals surface area contributed by atoms with Crippen LogP contribution in [-0.2, 0) is 6.42 Å². The molecule has 1 aromatic carbocycles. The van der Waals surface area contributed by atoms with Gasteiger partial charge in [-0.05, 0) is 37.8 Å². The molecular formula is C14H22N2. The summed E-state index contributed by atoms with van der Waals surface area (Å²) in [6.45, 7) is 7.69. The molecule has 3 unspecified atom stereocenters. The second-order valence-electron chi connectivity index (χ2n) is 5.17. The highest BCUT2D eigenvalue weighted by molar-refractivity contribution is 5.59. The molecule has 16 heavy (non-hydrogen) atoms. The third kappa shape index (κ3) is 2.07. The molecule has 3 atom stereocenters. The molecule has 2 heteroatoms. The Balaban J connectivity index is 2.16. The second-order valence-corrected chi connectivity index (χ2v) is 5.17. The SMILES string of the molecule is CC(N)C(C)CN1c2ccccc2CC1C. The molecule has 0 amide bonds. The Labute approximate surface area is 98.4 Å². The first-order valence-electron chi connectivity index (χ1n) is 6.19. The number of para-hydroxylation sites is 1. The molecule has 0 radical (unpaired) electrons. The van der Waals surface area contributed by atoms with Crippen LogP contribution in [0.5, 0.6) is 0 Å². The lowest BCUT2D eigenvalue weighted by molar-refractivity contribution is 0.463. The summed E-state index contributed by atoms with van der Waals surface area (Å²) in [6, 6.07) is 9.60. The molecule has 1 aliphatic heterocycles. The summed E-state index contributed by atoms with van der Waals surface area (Å²) in [4.78, 5) is 2.50. The van der Waals surface area contributed by atoms with Gasteiger partial charge in [-0.1, -0.05) is 25.1 Å². The Kier molecular flexibility index (Phi) is 3.20. The maximum Gasteiger partial charge on any atom is 0.0402 e. The number of rotatable bonds is 3. The highest BCUT2D eigenvalue weighted by atomic mass is 15.2. The molecule has 0 aromatic heterocycles. The number of anilines is 1. The smallest absolute Gasteiger partial charge is 0.0402 e. The van der Waals surface area contributed by atoms with Crippen LogP contribution in [0.1, 0.15) is 26.3 Å². The van der Waals surface area contributed by atoms with Gasteiger partial charge in [0.1, 0.15) is 0 Å². The summed E-state index contributed by atoms with van der Waals surface area (Å²) >= 11 is 0. The molecule has 0 aliphatic carbocycles. The third-order valence-corrected chi connectivity index (χ3v) is 3.73. The van der Waals surface area contributed by atoms with Gasteiger partial charge >= 0.3 is 0 Å². The van der Waals surface area contributed by atoms with E-state index in [0.717, 1.165) is 6.54 Å². The van der Waals surface area contributed by atoms with Gasteiger partial charge in [-0.3, -0.25) is 0 Å². The van der Waals surface area contributed by atoms with Gasteiger partial charge in [0.05, 0.1) is 0 Å². The van der Waals surface area contributed by atoms with Gasteiger partial charge in [0, 0.05) is 24.3 Å². The largest absolute Gasteiger partial charge is 0.368 e. The molecule has 2 N–H and O–H groups in total. The van der Waals surface area contributed by atoms with Gasteiger partial charge < -0.3 is 10.6 Å². The Morgan fingerprint density at radius 2 is 2.06 bits per heavy atom. The lowest BCUT2D eigenvalue weighted by Gasteiger charge is -2.29. The summed E-state index contributed by atoms with van der Waals surface area (Å²) in [5, 5.41) is 0. The number of nitrogens with two attached hydrogens (primary N) is 1. The topological polar surface area (TPSA) is 29.3 Å². The molecule has 0 saturated heterocycles. The van der Waals surface area contributed by atoms with Crippen molar-refractivity contribution in [3.63, 3.8) is 0 Å². The van der Waals surface area contributed by atoms with Gasteiger partial charge in [-0.2, -0.15) is 0 Å². The van der Waals surface area contributed by atoms with Gasteiger partial charge in [-0.25, -0.2) is 0 Å². The maximum atomic E-state index is 5.95. The standard InChI is InChI=1S/C14H22N2/c1-10(12(3)15)9-16-11(2)8-13-6-4-5-7-14(13)16/h4-7,10-12H,8-9,15H2,1-3H3. The first kappa shape index (κ1) is 11.5. The van der Waals surface area contributed by atoms with Crippen molar-refractivity contribution in [2.75, 3.05) is 11.4 Å². The average molecular weight is 218 g/mol. The first-order valence-corrected chi connectivity index (χ1v) is 6.19. The maximum absolute atomic E-state index is 5.95. The van der Waals surface area contributed by atoms with E-state index in [4.69, 9.17) is 5.73 Å². The molecule has 0 fully saturated rings. The Hall–Kier alpha value is -1.02. The summed E-state index contributed by atoms with van der Waals surface area (Å²) in [7, 11) is 0. The lowest BCUT2D eigenvalue weighted by Crippen LogP contribution is -2.39. The van der Waals surface area contributed by atoms with Gasteiger partial charge in [-0.15, -0.1) is 0 Å². The van der Waals surface area contributed by atoms with Crippen molar-refractivity contribution in [1.82, 2.24) is 0 Å². The van der Waals surface area contributed by atoms with Crippen molar-refractivity contribution in [1.29, 1.82) is 0 Å². The van der Waals surface area contributed by atoms with Crippen LogP contribution in [-0.4, -0.2) is 18.6 Å². The van der Waals surface area contributed by atoms with E-state index in [1.807, 2.05) is 0 Å². The molecule has 88 valence electrons. The fourth-order valence-electron chi connectivity index (χ4n) is 2.38. The molecule has 2 nitrogen and oxygen atoms in total. The summed E-state index contributed by atoms with van der Waals surface area (Å²) < 4.78 is 0. The van der Waals surface area contributed by atoms with Gasteiger partial charge in [0.2, 0.25) is 0 Å². The minimum atomic E-state index is 0.264. The zero-order valence-electron chi connectivity index (χ0n) is 10.5. The summed E-state index contributed by atoms with van der Waals surface area (Å²) in [6.07, 6.45) is 1.17. The molecular weight excluding hydrogens is 196 g/mol. The average Bonchev–Trinajstić information content (AvgIpc) is 2.55. The molecule has 2 rings (SSSR count). The van der Waals surface area contributed by atoms with Crippen LogP contribution >= 0.6 is 0 Å². The number of nitrogens with zero attached hydrogens (tertiary/aromatic N) is 1. The number of fused-ring (bicyclic) bond motifs is 1. The van der Waals surface area contributed by atoms with Crippen molar-refractivity contribution in [3.8, 4) is 0 Å². The van der Waals surface area contributed by atoms with Crippen LogP contribution in [0.15, 0.2) is 24.3 Å². The van der Waals surface area contributed by atoms with Crippen LogP contribution in [0.4, 0.5) is 5.69 Å². The van der Waals surface area contributed by atoms with E-state index in [1.54, 1.807) is 0 Å². The molecule has 0 saturated carbocycles. The van der Waals surface area contributed by atoms with E-state index in [2.05, 4.69) is 49.9 Å². The minimum Gasteiger partial charge on any atom is -0.368 e. The van der Waals surface area contributed by atoms with E-state index >= 15 is 0 Å². The van der Waals surface area contributed by atoms with Gasteiger partial charge in [0.15, 0.2) is 0 Å². The molecule has 1 aliphatic rings. The van der Waals surface area contributed by atoms with Crippen molar-refractivity contribution < 1.29 is 0 Å². The van der Waals surface area contributed by atoms with E-state index in [9.17, 15) is 0 Å². The quantitative estimate of drug-likeness (QED) is 0.844. The highest BCUT2D eigenvalue weighted by Crippen LogP contribution is 2.32. The van der Waals surface area contributed by atoms with Crippen LogP contribution in [0.2, 0.25) is 0 Å². The summed E-state index contributed by atoms with van der Waals surface area (Å²) in [5.74, 6) is 0.536. The van der Waals surface area contributed by atoms with E-state index in [-0.39, 0.29) is 6.04 Å².